The van der Waals surface area contributed by atoms with Gasteiger partial charge in [0.25, 0.3) is 10.1 Å². The van der Waals surface area contributed by atoms with Crippen molar-refractivity contribution in [2.45, 2.75) is 4.90 Å². The number of phenolic OH excluding ortho intramolecular Hbond substituents is 1. The third-order valence-electron chi connectivity index (χ3n) is 2.33. The molecule has 0 unspecified atom stereocenters. The van der Waals surface area contributed by atoms with E-state index < -0.39 is 26.5 Å². The van der Waals surface area contributed by atoms with E-state index in [1.807, 2.05) is 0 Å². The molecule has 2 aromatic carbocycles. The second-order valence-electron chi connectivity index (χ2n) is 3.35. The van der Waals surface area contributed by atoms with Gasteiger partial charge in [0.15, 0.2) is 11.4 Å². The molecule has 6 nitrogen and oxygen atoms in total. The summed E-state index contributed by atoms with van der Waals surface area (Å²) in [7, 11) is -4.49. The fourth-order valence-corrected chi connectivity index (χ4v) is 2.31. The molecule has 0 amide bonds. The number of nitroso groups, excluding NO2 is 1. The minimum absolute atomic E-state index is 0. The number of hydrogen-bond acceptors (Lipinski definition) is 5. The van der Waals surface area contributed by atoms with E-state index in [1.54, 1.807) is 12.1 Å². The Bertz CT molecular complexity index is 714. The standard InChI is InChI=1S/C10H7NO5S.Na/c12-10-7-4-2-1-3-6(7)9(17(14,15)16)5-8(10)11-13;/h1-5,12H,(H,14,15,16);/q;+1. The van der Waals surface area contributed by atoms with Crippen molar-refractivity contribution in [3.05, 3.63) is 35.2 Å². The van der Waals surface area contributed by atoms with Gasteiger partial charge in [0, 0.05) is 10.8 Å². The zero-order chi connectivity index (χ0) is 12.6. The summed E-state index contributed by atoms with van der Waals surface area (Å²) in [6.45, 7) is 0. The van der Waals surface area contributed by atoms with Crippen molar-refractivity contribution >= 4 is 26.6 Å². The molecule has 18 heavy (non-hydrogen) atoms. The van der Waals surface area contributed by atoms with Crippen molar-refractivity contribution in [3.63, 3.8) is 0 Å². The summed E-state index contributed by atoms with van der Waals surface area (Å²) >= 11 is 0. The quantitative estimate of drug-likeness (QED) is 0.424. The Hall–Kier alpha value is -0.990. The molecule has 0 radical (unpaired) electrons. The van der Waals surface area contributed by atoms with Gasteiger partial charge in [-0.1, -0.05) is 24.3 Å². The number of hydrogen-bond donors (Lipinski definition) is 2. The van der Waals surface area contributed by atoms with Crippen LogP contribution in [0.3, 0.4) is 0 Å². The molecular weight excluding hydrogens is 269 g/mol. The van der Waals surface area contributed by atoms with Gasteiger partial charge in [-0.15, -0.1) is 4.91 Å². The van der Waals surface area contributed by atoms with Crippen LogP contribution in [0.25, 0.3) is 10.8 Å². The van der Waals surface area contributed by atoms with E-state index in [0.29, 0.717) is 0 Å². The number of benzene rings is 2. The van der Waals surface area contributed by atoms with Crippen molar-refractivity contribution in [2.24, 2.45) is 5.18 Å². The second kappa shape index (κ2) is 5.33. The van der Waals surface area contributed by atoms with Crippen molar-refractivity contribution < 1.29 is 47.6 Å². The molecule has 0 atom stereocenters. The predicted molar refractivity (Wildman–Crippen MR) is 60.9 cm³/mol. The Labute approximate surface area is 125 Å². The van der Waals surface area contributed by atoms with Gasteiger partial charge >= 0.3 is 29.6 Å². The summed E-state index contributed by atoms with van der Waals surface area (Å²) in [5.41, 5.74) is -0.434. The molecule has 0 saturated heterocycles. The molecule has 0 spiro atoms. The first kappa shape index (κ1) is 15.1. The molecule has 0 aliphatic carbocycles. The normalized spacial score (nSPS) is 10.9. The third-order valence-corrected chi connectivity index (χ3v) is 3.23. The van der Waals surface area contributed by atoms with Crippen LogP contribution in [0.2, 0.25) is 0 Å². The summed E-state index contributed by atoms with van der Waals surface area (Å²) in [4.78, 5) is 10.0. The van der Waals surface area contributed by atoms with Crippen LogP contribution < -0.4 is 29.6 Å². The molecular formula is C10H7NNaO5S+. The van der Waals surface area contributed by atoms with E-state index in [-0.39, 0.29) is 40.3 Å². The summed E-state index contributed by atoms with van der Waals surface area (Å²) in [6.07, 6.45) is 0. The van der Waals surface area contributed by atoms with Crippen LogP contribution in [0.1, 0.15) is 0 Å². The molecule has 2 N–H and O–H groups in total. The SMILES string of the molecule is O=Nc1cc(S(=O)(=O)O)c2ccccc2c1O.[Na+]. The fourth-order valence-electron chi connectivity index (χ4n) is 1.60. The zero-order valence-electron chi connectivity index (χ0n) is 9.36. The van der Waals surface area contributed by atoms with Crippen LogP contribution in [0.5, 0.6) is 5.75 Å². The van der Waals surface area contributed by atoms with Crippen molar-refractivity contribution in [1.29, 1.82) is 0 Å². The van der Waals surface area contributed by atoms with E-state index in [0.717, 1.165) is 6.07 Å². The predicted octanol–water partition coefficient (Wildman–Crippen LogP) is -0.806. The molecule has 2 rings (SSSR count). The number of nitrogens with zero attached hydrogens (tertiary/aromatic N) is 1. The molecule has 0 bridgehead atoms. The average molecular weight is 276 g/mol. The summed E-state index contributed by atoms with van der Waals surface area (Å²) < 4.78 is 31.4. The van der Waals surface area contributed by atoms with E-state index in [9.17, 15) is 18.4 Å². The molecule has 0 saturated carbocycles. The molecule has 0 fully saturated rings. The first-order valence-electron chi connectivity index (χ1n) is 4.50. The van der Waals surface area contributed by atoms with Gasteiger partial charge in [-0.3, -0.25) is 4.55 Å². The number of rotatable bonds is 2. The van der Waals surface area contributed by atoms with Crippen LogP contribution in [0, 0.1) is 4.91 Å². The fraction of sp³-hybridized carbons (Fsp3) is 0. The van der Waals surface area contributed by atoms with E-state index >= 15 is 0 Å². The van der Waals surface area contributed by atoms with Crippen molar-refractivity contribution in [3.8, 4) is 5.75 Å². The van der Waals surface area contributed by atoms with Gasteiger partial charge in [-0.05, 0) is 11.2 Å². The smallest absolute Gasteiger partial charge is 0.505 e. The summed E-state index contributed by atoms with van der Waals surface area (Å²) in [5, 5.41) is 12.4. The largest absolute Gasteiger partial charge is 1.00 e. The van der Waals surface area contributed by atoms with Gasteiger partial charge in [0.1, 0.15) is 4.90 Å². The minimum Gasteiger partial charge on any atom is -0.505 e. The van der Waals surface area contributed by atoms with Crippen molar-refractivity contribution in [2.75, 3.05) is 0 Å². The zero-order valence-corrected chi connectivity index (χ0v) is 12.2. The maximum absolute atomic E-state index is 11.2. The maximum Gasteiger partial charge on any atom is 1.00 e. The van der Waals surface area contributed by atoms with Crippen molar-refractivity contribution in [1.82, 2.24) is 0 Å². The molecule has 0 heterocycles. The molecule has 2 aromatic rings. The molecule has 0 aromatic heterocycles. The monoisotopic (exact) mass is 276 g/mol. The van der Waals surface area contributed by atoms with Gasteiger partial charge in [-0.25, -0.2) is 0 Å². The third kappa shape index (κ3) is 2.55. The first-order valence-corrected chi connectivity index (χ1v) is 5.94. The maximum atomic E-state index is 11.2. The van der Waals surface area contributed by atoms with Gasteiger partial charge in [0.05, 0.1) is 0 Å². The van der Waals surface area contributed by atoms with Gasteiger partial charge in [-0.2, -0.15) is 8.42 Å². The van der Waals surface area contributed by atoms with Crippen LogP contribution in [0.15, 0.2) is 40.4 Å². The van der Waals surface area contributed by atoms with Crippen LogP contribution in [0.4, 0.5) is 5.69 Å². The van der Waals surface area contributed by atoms with Gasteiger partial charge < -0.3 is 5.11 Å². The topological polar surface area (TPSA) is 104 Å². The van der Waals surface area contributed by atoms with Crippen LogP contribution >= 0.6 is 0 Å². The van der Waals surface area contributed by atoms with Crippen LogP contribution in [-0.4, -0.2) is 18.1 Å². The van der Waals surface area contributed by atoms with E-state index in [2.05, 4.69) is 5.18 Å². The van der Waals surface area contributed by atoms with Crippen LogP contribution in [-0.2, 0) is 10.1 Å². The minimum atomic E-state index is -4.49. The summed E-state index contributed by atoms with van der Waals surface area (Å²) in [6, 6.07) is 6.77. The first-order chi connectivity index (χ1) is 7.95. The summed E-state index contributed by atoms with van der Waals surface area (Å²) in [5.74, 6) is -0.414. The Morgan fingerprint density at radius 2 is 1.67 bits per heavy atom. The Morgan fingerprint density at radius 3 is 2.17 bits per heavy atom. The van der Waals surface area contributed by atoms with E-state index in [1.165, 1.54) is 12.1 Å². The Morgan fingerprint density at radius 1 is 1.11 bits per heavy atom. The number of fused-ring (bicyclic) bond motifs is 1. The molecule has 8 heteroatoms. The second-order valence-corrected chi connectivity index (χ2v) is 4.74. The van der Waals surface area contributed by atoms with Gasteiger partial charge in [0.2, 0.25) is 0 Å². The number of aromatic hydroxyl groups is 1. The number of phenols is 1. The molecule has 88 valence electrons. The molecule has 0 aliphatic rings. The molecule has 0 aliphatic heterocycles. The average Bonchev–Trinajstić information content (AvgIpc) is 2.28. The Balaban J connectivity index is 0.00000162. The Kier molecular flexibility index (Phi) is 4.46. The van der Waals surface area contributed by atoms with E-state index in [4.69, 9.17) is 4.55 Å².